The molecule has 5 aromatic rings. The third-order valence-corrected chi connectivity index (χ3v) is 7.52. The second-order valence-electron chi connectivity index (χ2n) is 11.2. The van der Waals surface area contributed by atoms with Crippen LogP contribution in [0.1, 0.15) is 27.8 Å². The van der Waals surface area contributed by atoms with Gasteiger partial charge in [-0.25, -0.2) is 5.48 Å². The Morgan fingerprint density at radius 1 is 0.458 bits per heavy atom. The van der Waals surface area contributed by atoms with Gasteiger partial charge in [0.25, 0.3) is 5.91 Å². The van der Waals surface area contributed by atoms with Crippen molar-refractivity contribution in [2.24, 2.45) is 0 Å². The summed E-state index contributed by atoms with van der Waals surface area (Å²) in [4.78, 5) is 19.6. The number of amides is 1. The van der Waals surface area contributed by atoms with E-state index in [0.29, 0.717) is 0 Å². The number of aliphatic hydroxyl groups is 1. The highest BCUT2D eigenvalue weighted by Gasteiger charge is 2.41. The topological polar surface area (TPSA) is 95.5 Å². The van der Waals surface area contributed by atoms with Crippen LogP contribution in [0, 0.1) is 0 Å². The molecule has 248 valence electrons. The smallest absolute Gasteiger partial charge is 0.275 e. The van der Waals surface area contributed by atoms with Crippen LogP contribution in [0.3, 0.4) is 0 Å². The Morgan fingerprint density at radius 2 is 0.792 bits per heavy atom. The number of aliphatic hydroxyl groups excluding tert-OH is 1. The van der Waals surface area contributed by atoms with Crippen molar-refractivity contribution in [3.05, 3.63) is 179 Å². The zero-order chi connectivity index (χ0) is 33.2. The van der Waals surface area contributed by atoms with E-state index in [1.165, 1.54) is 0 Å². The highest BCUT2D eigenvalue weighted by atomic mass is 16.7. The quantitative estimate of drug-likeness (QED) is 0.0778. The van der Waals surface area contributed by atoms with Crippen molar-refractivity contribution in [3.8, 4) is 0 Å². The molecule has 1 amide bonds. The SMILES string of the molecule is O=C(NOCc1ccccc1)[C@H](OCc1ccccc1)[C@@H](OCc1ccccc1)[C@H](OCc1ccccc1)[C@H](O)OCc1ccccc1. The summed E-state index contributed by atoms with van der Waals surface area (Å²) in [5, 5.41) is 11.6. The molecule has 0 aliphatic heterocycles. The lowest BCUT2D eigenvalue weighted by molar-refractivity contribution is -0.242. The Morgan fingerprint density at radius 3 is 1.21 bits per heavy atom. The zero-order valence-corrected chi connectivity index (χ0v) is 26.7. The summed E-state index contributed by atoms with van der Waals surface area (Å²) in [5.41, 5.74) is 6.89. The largest absolute Gasteiger partial charge is 0.367 e. The molecule has 8 nitrogen and oxygen atoms in total. The number of hydroxylamine groups is 1. The third-order valence-electron chi connectivity index (χ3n) is 7.52. The number of benzene rings is 5. The first-order valence-corrected chi connectivity index (χ1v) is 15.9. The van der Waals surface area contributed by atoms with Crippen LogP contribution in [-0.4, -0.2) is 35.6 Å². The van der Waals surface area contributed by atoms with E-state index >= 15 is 0 Å². The van der Waals surface area contributed by atoms with Gasteiger partial charge >= 0.3 is 0 Å². The van der Waals surface area contributed by atoms with Crippen LogP contribution < -0.4 is 5.48 Å². The summed E-state index contributed by atoms with van der Waals surface area (Å²) >= 11 is 0. The molecule has 0 radical (unpaired) electrons. The molecule has 0 aliphatic rings. The fourth-order valence-electron chi connectivity index (χ4n) is 4.98. The molecule has 5 aromatic carbocycles. The number of ether oxygens (including phenoxy) is 4. The number of rotatable bonds is 19. The first kappa shape index (κ1) is 34.7. The molecule has 0 spiro atoms. The fraction of sp³-hybridized carbons (Fsp3) is 0.225. The van der Waals surface area contributed by atoms with Crippen molar-refractivity contribution in [2.45, 2.75) is 57.6 Å². The lowest BCUT2D eigenvalue weighted by Crippen LogP contribution is -2.54. The maximum absolute atomic E-state index is 14.0. The highest BCUT2D eigenvalue weighted by Crippen LogP contribution is 2.23. The number of nitrogens with one attached hydrogen (secondary N) is 1. The Bertz CT molecular complexity index is 1590. The summed E-state index contributed by atoms with van der Waals surface area (Å²) in [6.45, 7) is 0.589. The van der Waals surface area contributed by atoms with E-state index in [1.54, 1.807) is 0 Å². The van der Waals surface area contributed by atoms with Crippen LogP contribution in [0.25, 0.3) is 0 Å². The molecule has 0 unspecified atom stereocenters. The van der Waals surface area contributed by atoms with Gasteiger partial charge in [0, 0.05) is 0 Å². The summed E-state index contributed by atoms with van der Waals surface area (Å²) in [5.74, 6) is -0.594. The van der Waals surface area contributed by atoms with Gasteiger partial charge in [0.15, 0.2) is 12.4 Å². The molecule has 48 heavy (non-hydrogen) atoms. The van der Waals surface area contributed by atoms with Gasteiger partial charge in [-0.3, -0.25) is 9.63 Å². The predicted octanol–water partition coefficient (Wildman–Crippen LogP) is 6.53. The van der Waals surface area contributed by atoms with Crippen molar-refractivity contribution in [1.29, 1.82) is 0 Å². The first-order valence-electron chi connectivity index (χ1n) is 15.9. The van der Waals surface area contributed by atoms with Crippen LogP contribution in [0.4, 0.5) is 0 Å². The minimum absolute atomic E-state index is 0.0924. The summed E-state index contributed by atoms with van der Waals surface area (Å²) in [7, 11) is 0. The lowest BCUT2D eigenvalue weighted by atomic mass is 10.0. The maximum atomic E-state index is 14.0. The van der Waals surface area contributed by atoms with Crippen LogP contribution in [0.15, 0.2) is 152 Å². The average Bonchev–Trinajstić information content (AvgIpc) is 3.15. The number of carbonyl (C=O) groups is 1. The minimum Gasteiger partial charge on any atom is -0.367 e. The minimum atomic E-state index is -1.49. The van der Waals surface area contributed by atoms with Crippen LogP contribution in [-0.2, 0) is 61.6 Å². The second kappa shape index (κ2) is 19.2. The van der Waals surface area contributed by atoms with Crippen LogP contribution in [0.2, 0.25) is 0 Å². The van der Waals surface area contributed by atoms with Crippen LogP contribution in [0.5, 0.6) is 0 Å². The molecule has 4 atom stereocenters. The van der Waals surface area contributed by atoms with E-state index in [2.05, 4.69) is 5.48 Å². The van der Waals surface area contributed by atoms with Crippen molar-refractivity contribution < 1.29 is 33.7 Å². The molecule has 0 heterocycles. The van der Waals surface area contributed by atoms with Crippen molar-refractivity contribution in [2.75, 3.05) is 0 Å². The normalized spacial score (nSPS) is 13.7. The maximum Gasteiger partial charge on any atom is 0.275 e. The summed E-state index contributed by atoms with van der Waals surface area (Å²) < 4.78 is 25.2. The van der Waals surface area contributed by atoms with Gasteiger partial charge in [-0.05, 0) is 27.8 Å². The molecule has 0 fully saturated rings. The van der Waals surface area contributed by atoms with Gasteiger partial charge in [0.2, 0.25) is 0 Å². The molecule has 2 N–H and O–H groups in total. The molecular weight excluding hydrogens is 606 g/mol. The average molecular weight is 648 g/mol. The number of hydrogen-bond donors (Lipinski definition) is 2. The van der Waals surface area contributed by atoms with E-state index in [0.717, 1.165) is 27.8 Å². The van der Waals surface area contributed by atoms with Crippen molar-refractivity contribution >= 4 is 5.91 Å². The second-order valence-corrected chi connectivity index (χ2v) is 11.2. The van der Waals surface area contributed by atoms with Gasteiger partial charge < -0.3 is 24.1 Å². The lowest BCUT2D eigenvalue weighted by Gasteiger charge is -2.35. The van der Waals surface area contributed by atoms with Gasteiger partial charge in [-0.2, -0.15) is 0 Å². The first-order chi connectivity index (χ1) is 23.7. The summed E-state index contributed by atoms with van der Waals surface area (Å²) in [6, 6.07) is 47.6. The third kappa shape index (κ3) is 11.2. The zero-order valence-electron chi connectivity index (χ0n) is 26.7. The molecule has 0 saturated heterocycles. The van der Waals surface area contributed by atoms with Gasteiger partial charge in [0.1, 0.15) is 12.2 Å². The predicted molar refractivity (Wildman–Crippen MR) is 182 cm³/mol. The Labute approximate surface area is 281 Å². The molecule has 5 rings (SSSR count). The van der Waals surface area contributed by atoms with Crippen molar-refractivity contribution in [1.82, 2.24) is 5.48 Å². The molecule has 0 aliphatic carbocycles. The van der Waals surface area contributed by atoms with E-state index in [9.17, 15) is 9.90 Å². The number of carbonyl (C=O) groups excluding carboxylic acids is 1. The molecule has 0 bridgehead atoms. The van der Waals surface area contributed by atoms with E-state index in [1.807, 2.05) is 152 Å². The van der Waals surface area contributed by atoms with Crippen molar-refractivity contribution in [3.63, 3.8) is 0 Å². The molecular formula is C40H41NO7. The summed E-state index contributed by atoms with van der Waals surface area (Å²) in [6.07, 6.45) is -5.06. The Kier molecular flexibility index (Phi) is 13.9. The van der Waals surface area contributed by atoms with Gasteiger partial charge in [-0.1, -0.05) is 152 Å². The van der Waals surface area contributed by atoms with E-state index < -0.39 is 30.5 Å². The Balaban J connectivity index is 1.44. The molecule has 0 aromatic heterocycles. The van der Waals surface area contributed by atoms with E-state index in [4.69, 9.17) is 23.8 Å². The fourth-order valence-corrected chi connectivity index (χ4v) is 4.98. The van der Waals surface area contributed by atoms with Gasteiger partial charge in [0.05, 0.1) is 33.0 Å². The highest BCUT2D eigenvalue weighted by molar-refractivity contribution is 5.80. The molecule has 0 saturated carbocycles. The monoisotopic (exact) mass is 647 g/mol. The van der Waals surface area contributed by atoms with E-state index in [-0.39, 0.29) is 33.0 Å². The standard InChI is InChI=1S/C40H41NO7/c42-39(41-48-30-35-24-14-5-15-25-35)37(45-27-32-18-8-2-9-19-32)36(44-26-31-16-6-1-7-17-31)38(46-28-33-20-10-3-11-21-33)40(43)47-29-34-22-12-4-13-23-34/h1-25,36-38,40,43H,26-30H2,(H,41,42)/t36-,37-,38+,40-/m1/s1. The molecule has 8 heteroatoms. The van der Waals surface area contributed by atoms with Crippen LogP contribution >= 0.6 is 0 Å². The number of hydrogen-bond acceptors (Lipinski definition) is 7. The Hall–Kier alpha value is -4.67. The van der Waals surface area contributed by atoms with Gasteiger partial charge in [-0.15, -0.1) is 0 Å².